The molecule has 2 N–H and O–H groups in total. The molecule has 0 bridgehead atoms. The van der Waals surface area contributed by atoms with Crippen molar-refractivity contribution in [3.8, 4) is 23.7 Å². The SMILES string of the molecule is N#Cc1nc(/N=N/c2c(O)c(C(=O)Nc3ccc(S)cc3)cc3ccccc23)n(-c2ccccn2)c1C#N. The molecule has 11 heteroatoms. The van der Waals surface area contributed by atoms with Gasteiger partial charge in [-0.05, 0) is 47.9 Å². The van der Waals surface area contributed by atoms with E-state index in [0.29, 0.717) is 22.3 Å². The van der Waals surface area contributed by atoms with Gasteiger partial charge in [-0.3, -0.25) is 4.79 Å². The molecule has 3 aromatic carbocycles. The average molecular weight is 517 g/mol. The van der Waals surface area contributed by atoms with Gasteiger partial charge in [0.25, 0.3) is 11.9 Å². The molecule has 1 amide bonds. The van der Waals surface area contributed by atoms with Crippen molar-refractivity contribution in [2.75, 3.05) is 5.32 Å². The number of phenols is 1. The fourth-order valence-electron chi connectivity index (χ4n) is 3.79. The second kappa shape index (κ2) is 10.2. The summed E-state index contributed by atoms with van der Waals surface area (Å²) in [5.41, 5.74) is 0.313. The fraction of sp³-hybridized carbons (Fsp3) is 0. The number of phenolic OH excluding ortho intramolecular Hbond substituents is 1. The van der Waals surface area contributed by atoms with E-state index in [-0.39, 0.29) is 28.6 Å². The Kier molecular flexibility index (Phi) is 6.51. The minimum Gasteiger partial charge on any atom is -0.505 e. The summed E-state index contributed by atoms with van der Waals surface area (Å²) in [5, 5.41) is 42.6. The number of nitrogens with one attached hydrogen (secondary N) is 1. The van der Waals surface area contributed by atoms with Gasteiger partial charge in [-0.25, -0.2) is 9.55 Å². The maximum atomic E-state index is 13.1. The van der Waals surface area contributed by atoms with E-state index < -0.39 is 11.7 Å². The van der Waals surface area contributed by atoms with Crippen LogP contribution in [0.2, 0.25) is 0 Å². The third-order valence-electron chi connectivity index (χ3n) is 5.55. The minimum absolute atomic E-state index is 0.0175. The van der Waals surface area contributed by atoms with Gasteiger partial charge in [-0.2, -0.15) is 15.5 Å². The summed E-state index contributed by atoms with van der Waals surface area (Å²) in [6.07, 6.45) is 1.52. The van der Waals surface area contributed by atoms with Gasteiger partial charge >= 0.3 is 0 Å². The lowest BCUT2D eigenvalue weighted by Crippen LogP contribution is -2.12. The van der Waals surface area contributed by atoms with Gasteiger partial charge < -0.3 is 10.4 Å². The Hall–Kier alpha value is -5.52. The van der Waals surface area contributed by atoms with Crippen LogP contribution in [0.4, 0.5) is 17.3 Å². The number of hydrogen-bond donors (Lipinski definition) is 3. The number of nitriles is 2. The van der Waals surface area contributed by atoms with Crippen LogP contribution in [0.5, 0.6) is 5.75 Å². The molecule has 0 aliphatic carbocycles. The van der Waals surface area contributed by atoms with E-state index in [2.05, 4.69) is 38.1 Å². The van der Waals surface area contributed by atoms with E-state index >= 15 is 0 Å². The van der Waals surface area contributed by atoms with Crippen molar-refractivity contribution in [2.45, 2.75) is 4.90 Å². The lowest BCUT2D eigenvalue weighted by Gasteiger charge is -2.11. The van der Waals surface area contributed by atoms with Crippen LogP contribution in [0.25, 0.3) is 16.6 Å². The number of aromatic nitrogens is 3. The number of nitrogens with zero attached hydrogens (tertiary/aromatic N) is 7. The maximum absolute atomic E-state index is 13.1. The quantitative estimate of drug-likeness (QED) is 0.197. The lowest BCUT2D eigenvalue weighted by atomic mass is 10.0. The van der Waals surface area contributed by atoms with Crippen LogP contribution < -0.4 is 5.32 Å². The van der Waals surface area contributed by atoms with Gasteiger partial charge in [0.1, 0.15) is 23.6 Å². The first-order valence-corrected chi connectivity index (χ1v) is 11.6. The molecule has 2 aromatic heterocycles. The Bertz CT molecular complexity index is 1800. The summed E-state index contributed by atoms with van der Waals surface area (Å²) in [4.78, 5) is 22.2. The normalized spacial score (nSPS) is 10.8. The van der Waals surface area contributed by atoms with E-state index in [0.717, 1.165) is 4.90 Å². The molecule has 10 nitrogen and oxygen atoms in total. The molecule has 0 saturated heterocycles. The summed E-state index contributed by atoms with van der Waals surface area (Å²) >= 11 is 4.24. The van der Waals surface area contributed by atoms with Crippen LogP contribution in [0.3, 0.4) is 0 Å². The van der Waals surface area contributed by atoms with E-state index in [9.17, 15) is 20.4 Å². The van der Waals surface area contributed by atoms with Crippen molar-refractivity contribution in [1.82, 2.24) is 14.5 Å². The van der Waals surface area contributed by atoms with Crippen molar-refractivity contribution in [2.24, 2.45) is 10.2 Å². The van der Waals surface area contributed by atoms with E-state index in [1.165, 1.54) is 10.8 Å². The number of hydrogen-bond acceptors (Lipinski definition) is 9. The molecular formula is C27H16N8O2S. The Balaban J connectivity index is 1.63. The molecule has 0 aliphatic heterocycles. The van der Waals surface area contributed by atoms with Crippen LogP contribution in [0, 0.1) is 22.7 Å². The first kappa shape index (κ1) is 24.2. The first-order chi connectivity index (χ1) is 18.5. The van der Waals surface area contributed by atoms with E-state index in [4.69, 9.17) is 0 Å². The standard InChI is InChI=1S/C27H16N8O2S/c28-14-21-22(15-29)35(23-7-3-4-12-30-23)27(32-21)34-33-24-19-6-2-1-5-16(19)13-20(25(24)36)26(37)31-17-8-10-18(38)11-9-17/h1-13,36,38H,(H,31,37)/b34-33+. The molecule has 182 valence electrons. The topological polar surface area (TPSA) is 152 Å². The van der Waals surface area contributed by atoms with Gasteiger partial charge in [-0.1, -0.05) is 30.3 Å². The van der Waals surface area contributed by atoms with Gasteiger partial charge in [0.15, 0.2) is 17.1 Å². The van der Waals surface area contributed by atoms with Crippen molar-refractivity contribution >= 4 is 46.6 Å². The third-order valence-corrected chi connectivity index (χ3v) is 5.85. The van der Waals surface area contributed by atoms with Crippen molar-refractivity contribution in [3.05, 3.63) is 95.9 Å². The maximum Gasteiger partial charge on any atom is 0.259 e. The fourth-order valence-corrected chi connectivity index (χ4v) is 3.94. The highest BCUT2D eigenvalue weighted by atomic mass is 32.1. The van der Waals surface area contributed by atoms with Gasteiger partial charge in [0.2, 0.25) is 0 Å². The number of fused-ring (bicyclic) bond motifs is 1. The molecule has 0 saturated carbocycles. The van der Waals surface area contributed by atoms with Crippen LogP contribution in [0.1, 0.15) is 21.7 Å². The lowest BCUT2D eigenvalue weighted by molar-refractivity contribution is 0.102. The highest BCUT2D eigenvalue weighted by Crippen LogP contribution is 2.40. The zero-order valence-corrected chi connectivity index (χ0v) is 20.3. The number of benzene rings is 3. The molecule has 0 radical (unpaired) electrons. The Morgan fingerprint density at radius 2 is 1.76 bits per heavy atom. The summed E-state index contributed by atoms with van der Waals surface area (Å²) in [6, 6.07) is 24.3. The van der Waals surface area contributed by atoms with Crippen LogP contribution in [-0.2, 0) is 0 Å². The third kappa shape index (κ3) is 4.53. The minimum atomic E-state index is -0.551. The Morgan fingerprint density at radius 3 is 2.47 bits per heavy atom. The average Bonchev–Trinajstić information content (AvgIpc) is 3.31. The van der Waals surface area contributed by atoms with Crippen molar-refractivity contribution < 1.29 is 9.90 Å². The van der Waals surface area contributed by atoms with Crippen molar-refractivity contribution in [3.63, 3.8) is 0 Å². The molecule has 0 unspecified atom stereocenters. The van der Waals surface area contributed by atoms with Crippen LogP contribution >= 0.6 is 12.6 Å². The number of anilines is 1. The molecule has 38 heavy (non-hydrogen) atoms. The monoisotopic (exact) mass is 516 g/mol. The number of thiol groups is 1. The smallest absolute Gasteiger partial charge is 0.259 e. The highest BCUT2D eigenvalue weighted by Gasteiger charge is 2.21. The Morgan fingerprint density at radius 1 is 1.00 bits per heavy atom. The van der Waals surface area contributed by atoms with Crippen LogP contribution in [0.15, 0.2) is 94.1 Å². The highest BCUT2D eigenvalue weighted by molar-refractivity contribution is 7.80. The molecule has 0 spiro atoms. The number of imidazole rings is 1. The molecule has 2 heterocycles. The second-order valence-electron chi connectivity index (χ2n) is 7.90. The molecule has 5 rings (SSSR count). The second-order valence-corrected chi connectivity index (χ2v) is 8.42. The van der Waals surface area contributed by atoms with Gasteiger partial charge in [0.05, 0.1) is 5.56 Å². The summed E-state index contributed by atoms with van der Waals surface area (Å²) in [5.74, 6) is -0.735. The number of carbonyl (C=O) groups excluding carboxylic acids is 1. The number of aromatic hydroxyl groups is 1. The molecular weight excluding hydrogens is 500 g/mol. The number of amides is 1. The predicted molar refractivity (Wildman–Crippen MR) is 142 cm³/mol. The Labute approximate surface area is 221 Å². The molecule has 0 atom stereocenters. The van der Waals surface area contributed by atoms with Crippen molar-refractivity contribution in [1.29, 1.82) is 10.5 Å². The predicted octanol–water partition coefficient (Wildman–Crippen LogP) is 5.83. The molecule has 5 aromatic rings. The number of rotatable bonds is 5. The summed E-state index contributed by atoms with van der Waals surface area (Å²) in [7, 11) is 0. The van der Waals surface area contributed by atoms with Crippen LogP contribution in [-0.4, -0.2) is 25.5 Å². The zero-order chi connectivity index (χ0) is 26.6. The largest absolute Gasteiger partial charge is 0.505 e. The number of pyridine rings is 1. The molecule has 0 fully saturated rings. The number of carbonyl (C=O) groups is 1. The molecule has 0 aliphatic rings. The number of azo groups is 1. The summed E-state index contributed by atoms with van der Waals surface area (Å²) in [6.45, 7) is 0. The van der Waals surface area contributed by atoms with Gasteiger partial charge in [-0.15, -0.1) is 22.9 Å². The summed E-state index contributed by atoms with van der Waals surface area (Å²) < 4.78 is 1.29. The first-order valence-electron chi connectivity index (χ1n) is 11.1. The van der Waals surface area contributed by atoms with E-state index in [1.54, 1.807) is 72.8 Å². The van der Waals surface area contributed by atoms with Gasteiger partial charge in [0, 0.05) is 22.2 Å². The zero-order valence-electron chi connectivity index (χ0n) is 19.4. The van der Waals surface area contributed by atoms with E-state index in [1.807, 2.05) is 12.1 Å².